The number of hydrogen-bond donors (Lipinski definition) is 1. The fourth-order valence-corrected chi connectivity index (χ4v) is 4.17. The fraction of sp³-hybridized carbons (Fsp3) is 0.316. The maximum Gasteiger partial charge on any atom is 0.254 e. The molecule has 134 valence electrons. The van der Waals surface area contributed by atoms with E-state index >= 15 is 0 Å². The van der Waals surface area contributed by atoms with E-state index in [1.54, 1.807) is 22.2 Å². The fourth-order valence-electron chi connectivity index (χ4n) is 3.43. The van der Waals surface area contributed by atoms with Crippen molar-refractivity contribution in [3.8, 4) is 5.69 Å². The molecule has 1 aromatic carbocycles. The summed E-state index contributed by atoms with van der Waals surface area (Å²) in [6.07, 6.45) is 5.67. The first kappa shape index (κ1) is 16.8. The molecule has 26 heavy (non-hydrogen) atoms. The number of anilines is 1. The van der Waals surface area contributed by atoms with E-state index in [-0.39, 0.29) is 5.91 Å². The first-order chi connectivity index (χ1) is 12.7. The van der Waals surface area contributed by atoms with Gasteiger partial charge in [0.15, 0.2) is 5.13 Å². The molecule has 1 N–H and O–H groups in total. The first-order valence-electron chi connectivity index (χ1n) is 8.78. The normalized spacial score (nSPS) is 16.8. The Bertz CT molecular complexity index is 875. The number of nitrogens with zero attached hydrogens (tertiary/aromatic N) is 4. The van der Waals surface area contributed by atoms with Gasteiger partial charge >= 0.3 is 0 Å². The Morgan fingerprint density at radius 1 is 1.35 bits per heavy atom. The molecule has 0 bridgehead atoms. The summed E-state index contributed by atoms with van der Waals surface area (Å²) < 4.78 is 1.80. The topological polar surface area (TPSA) is 63.1 Å². The smallest absolute Gasteiger partial charge is 0.254 e. The molecule has 6 nitrogen and oxygen atoms in total. The van der Waals surface area contributed by atoms with Crippen LogP contribution in [0, 0.1) is 6.92 Å². The second kappa shape index (κ2) is 7.29. The Kier molecular flexibility index (Phi) is 4.71. The third-order valence-electron chi connectivity index (χ3n) is 4.80. The Labute approximate surface area is 156 Å². The predicted octanol–water partition coefficient (Wildman–Crippen LogP) is 3.04. The second-order valence-electron chi connectivity index (χ2n) is 6.41. The van der Waals surface area contributed by atoms with E-state index in [2.05, 4.69) is 20.3 Å². The third kappa shape index (κ3) is 3.22. The standard InChI is InChI=1S/C19H21N5OS/c1-14-17(13-22-24(14)15-6-3-2-4-7-15)18(25)21-12-16-8-5-10-23(16)19-20-9-11-26-19/h2-4,6-7,9,11,13,16H,5,8,10,12H2,1H3,(H,21,25). The lowest BCUT2D eigenvalue weighted by atomic mass is 10.2. The van der Waals surface area contributed by atoms with Gasteiger partial charge in [-0.3, -0.25) is 4.79 Å². The van der Waals surface area contributed by atoms with E-state index in [0.717, 1.165) is 35.9 Å². The van der Waals surface area contributed by atoms with Gasteiger partial charge in [-0.05, 0) is 31.9 Å². The summed E-state index contributed by atoms with van der Waals surface area (Å²) in [6.45, 7) is 3.54. The van der Waals surface area contributed by atoms with Crippen molar-refractivity contribution in [1.29, 1.82) is 0 Å². The highest BCUT2D eigenvalue weighted by atomic mass is 32.1. The average Bonchev–Trinajstić information content (AvgIpc) is 3.40. The van der Waals surface area contributed by atoms with Crippen molar-refractivity contribution in [2.75, 3.05) is 18.0 Å². The molecule has 0 radical (unpaired) electrons. The molecule has 2 aromatic heterocycles. The summed E-state index contributed by atoms with van der Waals surface area (Å²) in [5, 5.41) is 10.5. The number of carbonyl (C=O) groups is 1. The average molecular weight is 367 g/mol. The molecule has 0 spiro atoms. The summed E-state index contributed by atoms with van der Waals surface area (Å²) >= 11 is 1.65. The zero-order valence-electron chi connectivity index (χ0n) is 14.6. The van der Waals surface area contributed by atoms with Gasteiger partial charge in [-0.25, -0.2) is 9.67 Å². The number of aromatic nitrogens is 3. The highest BCUT2D eigenvalue weighted by Gasteiger charge is 2.27. The summed E-state index contributed by atoms with van der Waals surface area (Å²) in [7, 11) is 0. The lowest BCUT2D eigenvalue weighted by Crippen LogP contribution is -2.40. The van der Waals surface area contributed by atoms with Gasteiger partial charge in [-0.1, -0.05) is 18.2 Å². The van der Waals surface area contributed by atoms with Crippen LogP contribution in [0.5, 0.6) is 0 Å². The zero-order chi connectivity index (χ0) is 17.9. The molecule has 1 aliphatic heterocycles. The van der Waals surface area contributed by atoms with Gasteiger partial charge < -0.3 is 10.2 Å². The van der Waals surface area contributed by atoms with Crippen LogP contribution in [0.25, 0.3) is 5.69 Å². The lowest BCUT2D eigenvalue weighted by molar-refractivity contribution is 0.0950. The van der Waals surface area contributed by atoms with Crippen molar-refractivity contribution in [3.63, 3.8) is 0 Å². The minimum absolute atomic E-state index is 0.0735. The minimum atomic E-state index is -0.0735. The van der Waals surface area contributed by atoms with E-state index in [1.807, 2.05) is 48.8 Å². The van der Waals surface area contributed by atoms with Gasteiger partial charge in [0.1, 0.15) is 0 Å². The quantitative estimate of drug-likeness (QED) is 0.753. The molecule has 4 rings (SSSR count). The van der Waals surface area contributed by atoms with Gasteiger partial charge in [-0.15, -0.1) is 11.3 Å². The highest BCUT2D eigenvalue weighted by Crippen LogP contribution is 2.26. The zero-order valence-corrected chi connectivity index (χ0v) is 15.4. The van der Waals surface area contributed by atoms with Crippen LogP contribution >= 0.6 is 11.3 Å². The van der Waals surface area contributed by atoms with Gasteiger partial charge in [0, 0.05) is 30.7 Å². The maximum atomic E-state index is 12.7. The largest absolute Gasteiger partial charge is 0.350 e. The van der Waals surface area contributed by atoms with Crippen molar-refractivity contribution in [1.82, 2.24) is 20.1 Å². The Morgan fingerprint density at radius 3 is 2.96 bits per heavy atom. The molecule has 0 aliphatic carbocycles. The summed E-state index contributed by atoms with van der Waals surface area (Å²) in [5.74, 6) is -0.0735. The van der Waals surface area contributed by atoms with Crippen LogP contribution in [0.15, 0.2) is 48.1 Å². The van der Waals surface area contributed by atoms with Crippen molar-refractivity contribution in [2.45, 2.75) is 25.8 Å². The van der Waals surface area contributed by atoms with Crippen molar-refractivity contribution >= 4 is 22.4 Å². The van der Waals surface area contributed by atoms with Crippen LogP contribution in [0.1, 0.15) is 28.9 Å². The monoisotopic (exact) mass is 367 g/mol. The van der Waals surface area contributed by atoms with E-state index in [9.17, 15) is 4.79 Å². The Morgan fingerprint density at radius 2 is 2.19 bits per heavy atom. The van der Waals surface area contributed by atoms with Crippen LogP contribution in [0.4, 0.5) is 5.13 Å². The molecular formula is C19H21N5OS. The molecule has 1 saturated heterocycles. The predicted molar refractivity (Wildman–Crippen MR) is 103 cm³/mol. The van der Waals surface area contributed by atoms with Gasteiger partial charge in [0.05, 0.1) is 23.1 Å². The number of thiazole rings is 1. The van der Waals surface area contributed by atoms with Crippen LogP contribution in [-0.2, 0) is 0 Å². The molecule has 1 atom stereocenters. The number of benzene rings is 1. The second-order valence-corrected chi connectivity index (χ2v) is 7.28. The SMILES string of the molecule is Cc1c(C(=O)NCC2CCCN2c2nccs2)cnn1-c1ccccc1. The Balaban J connectivity index is 1.43. The summed E-state index contributed by atoms with van der Waals surface area (Å²) in [4.78, 5) is 19.4. The van der Waals surface area contributed by atoms with E-state index in [1.165, 1.54) is 0 Å². The van der Waals surface area contributed by atoms with E-state index < -0.39 is 0 Å². The summed E-state index contributed by atoms with van der Waals surface area (Å²) in [6, 6.07) is 10.1. The molecule has 1 unspecified atom stereocenters. The first-order valence-corrected chi connectivity index (χ1v) is 9.66. The molecule has 3 aromatic rings. The van der Waals surface area contributed by atoms with Gasteiger partial charge in [0.2, 0.25) is 0 Å². The number of nitrogens with one attached hydrogen (secondary N) is 1. The van der Waals surface area contributed by atoms with Crippen LogP contribution in [0.3, 0.4) is 0 Å². The number of para-hydroxylation sites is 1. The number of carbonyl (C=O) groups excluding carboxylic acids is 1. The molecule has 1 fully saturated rings. The van der Waals surface area contributed by atoms with Crippen molar-refractivity contribution in [3.05, 3.63) is 59.4 Å². The van der Waals surface area contributed by atoms with Crippen molar-refractivity contribution in [2.24, 2.45) is 0 Å². The molecular weight excluding hydrogens is 346 g/mol. The van der Waals surface area contributed by atoms with Crippen molar-refractivity contribution < 1.29 is 4.79 Å². The minimum Gasteiger partial charge on any atom is -0.350 e. The van der Waals surface area contributed by atoms with E-state index in [0.29, 0.717) is 18.2 Å². The highest BCUT2D eigenvalue weighted by molar-refractivity contribution is 7.13. The van der Waals surface area contributed by atoms with Crippen LogP contribution in [-0.4, -0.2) is 39.8 Å². The van der Waals surface area contributed by atoms with Crippen LogP contribution in [0.2, 0.25) is 0 Å². The number of rotatable bonds is 5. The third-order valence-corrected chi connectivity index (χ3v) is 5.60. The van der Waals surface area contributed by atoms with Crippen LogP contribution < -0.4 is 10.2 Å². The molecule has 7 heteroatoms. The van der Waals surface area contributed by atoms with E-state index in [4.69, 9.17) is 0 Å². The molecule has 0 saturated carbocycles. The molecule has 3 heterocycles. The lowest BCUT2D eigenvalue weighted by Gasteiger charge is -2.24. The number of hydrogen-bond acceptors (Lipinski definition) is 5. The molecule has 1 amide bonds. The summed E-state index contributed by atoms with van der Waals surface area (Å²) in [5.41, 5.74) is 2.42. The molecule has 1 aliphatic rings. The van der Waals surface area contributed by atoms with Gasteiger partial charge in [-0.2, -0.15) is 5.10 Å². The number of amides is 1. The Hall–Kier alpha value is -2.67. The maximum absolute atomic E-state index is 12.7. The van der Waals surface area contributed by atoms with Gasteiger partial charge in [0.25, 0.3) is 5.91 Å².